The van der Waals surface area contributed by atoms with Gasteiger partial charge < -0.3 is 10.4 Å². The van der Waals surface area contributed by atoms with Gasteiger partial charge in [-0.25, -0.2) is 0 Å². The van der Waals surface area contributed by atoms with Gasteiger partial charge in [0.2, 0.25) is 0 Å². The Labute approximate surface area is 97.7 Å². The third-order valence-corrected chi connectivity index (χ3v) is 3.45. The van der Waals surface area contributed by atoms with Crippen LogP contribution < -0.4 is 5.32 Å². The molecule has 2 rings (SSSR count). The van der Waals surface area contributed by atoms with E-state index in [0.717, 1.165) is 24.4 Å². The van der Waals surface area contributed by atoms with E-state index in [-0.39, 0.29) is 6.10 Å². The van der Waals surface area contributed by atoms with Gasteiger partial charge in [0.15, 0.2) is 0 Å². The number of hydrogen-bond donors (Lipinski definition) is 2. The van der Waals surface area contributed by atoms with Gasteiger partial charge in [-0.05, 0) is 37.3 Å². The van der Waals surface area contributed by atoms with Crippen LogP contribution in [0.3, 0.4) is 0 Å². The zero-order valence-electron chi connectivity index (χ0n) is 9.89. The molecule has 2 N–H and O–H groups in total. The maximum atomic E-state index is 10.1. The molecule has 88 valence electrons. The first-order valence-corrected chi connectivity index (χ1v) is 6.22. The Morgan fingerprint density at radius 1 is 1.38 bits per heavy atom. The molecule has 3 atom stereocenters. The minimum Gasteiger partial charge on any atom is -0.388 e. The number of piperidine rings is 1. The fraction of sp³-hybridized carbons (Fsp3) is 0.571. The molecule has 1 aliphatic rings. The number of aliphatic hydroxyl groups excluding tert-OH is 1. The zero-order valence-corrected chi connectivity index (χ0v) is 9.89. The maximum Gasteiger partial charge on any atom is 0.0804 e. The summed E-state index contributed by atoms with van der Waals surface area (Å²) >= 11 is 0. The molecule has 0 amide bonds. The lowest BCUT2D eigenvalue weighted by atomic mass is 9.90. The summed E-state index contributed by atoms with van der Waals surface area (Å²) in [4.78, 5) is 0. The first kappa shape index (κ1) is 11.6. The van der Waals surface area contributed by atoms with E-state index in [4.69, 9.17) is 0 Å². The van der Waals surface area contributed by atoms with Crippen molar-refractivity contribution in [2.24, 2.45) is 5.92 Å². The minimum atomic E-state index is -0.330. The molecule has 16 heavy (non-hydrogen) atoms. The predicted molar refractivity (Wildman–Crippen MR) is 66.2 cm³/mol. The van der Waals surface area contributed by atoms with Crippen LogP contribution in [-0.4, -0.2) is 17.7 Å². The molecule has 1 aromatic carbocycles. The summed E-state index contributed by atoms with van der Waals surface area (Å²) in [6.07, 6.45) is 2.94. The van der Waals surface area contributed by atoms with Crippen LogP contribution >= 0.6 is 0 Å². The van der Waals surface area contributed by atoms with Crippen molar-refractivity contribution < 1.29 is 5.11 Å². The van der Waals surface area contributed by atoms with Crippen LogP contribution in [0.1, 0.15) is 37.9 Å². The van der Waals surface area contributed by atoms with Gasteiger partial charge in [-0.15, -0.1) is 0 Å². The highest BCUT2D eigenvalue weighted by Crippen LogP contribution is 2.24. The predicted octanol–water partition coefficient (Wildman–Crippen LogP) is 2.50. The Kier molecular flexibility index (Phi) is 3.97. The SMILES string of the molecule is CC1CCNC(CC(O)c2ccccc2)C1. The van der Waals surface area contributed by atoms with Crippen molar-refractivity contribution in [3.8, 4) is 0 Å². The molecule has 0 radical (unpaired) electrons. The third-order valence-electron chi connectivity index (χ3n) is 3.45. The normalized spacial score (nSPS) is 27.6. The number of rotatable bonds is 3. The molecule has 1 heterocycles. The number of aliphatic hydroxyl groups is 1. The molecular formula is C14H21NO. The van der Waals surface area contributed by atoms with Crippen LogP contribution in [0.25, 0.3) is 0 Å². The molecule has 1 fully saturated rings. The van der Waals surface area contributed by atoms with Crippen LogP contribution in [0.15, 0.2) is 30.3 Å². The smallest absolute Gasteiger partial charge is 0.0804 e. The standard InChI is InChI=1S/C14H21NO/c1-11-7-8-15-13(9-11)10-14(16)12-5-3-2-4-6-12/h2-6,11,13-16H,7-10H2,1H3. The average molecular weight is 219 g/mol. The van der Waals surface area contributed by atoms with Gasteiger partial charge in [0, 0.05) is 6.04 Å². The highest BCUT2D eigenvalue weighted by atomic mass is 16.3. The second kappa shape index (κ2) is 5.46. The van der Waals surface area contributed by atoms with Gasteiger partial charge in [0.05, 0.1) is 6.10 Å². The molecule has 0 aliphatic carbocycles. The van der Waals surface area contributed by atoms with E-state index in [0.29, 0.717) is 6.04 Å². The van der Waals surface area contributed by atoms with Gasteiger partial charge in [0.25, 0.3) is 0 Å². The van der Waals surface area contributed by atoms with E-state index in [2.05, 4.69) is 12.2 Å². The highest BCUT2D eigenvalue weighted by Gasteiger charge is 2.21. The van der Waals surface area contributed by atoms with Crippen LogP contribution in [0, 0.1) is 5.92 Å². The Morgan fingerprint density at radius 3 is 2.81 bits per heavy atom. The lowest BCUT2D eigenvalue weighted by molar-refractivity contribution is 0.138. The van der Waals surface area contributed by atoms with E-state index < -0.39 is 0 Å². The lowest BCUT2D eigenvalue weighted by Crippen LogP contribution is -2.38. The summed E-state index contributed by atoms with van der Waals surface area (Å²) in [5, 5.41) is 13.6. The fourth-order valence-corrected chi connectivity index (χ4v) is 2.48. The summed E-state index contributed by atoms with van der Waals surface area (Å²) < 4.78 is 0. The number of hydrogen-bond acceptors (Lipinski definition) is 2. The summed E-state index contributed by atoms with van der Waals surface area (Å²) in [6, 6.07) is 10.4. The Hall–Kier alpha value is -0.860. The number of benzene rings is 1. The second-order valence-corrected chi connectivity index (χ2v) is 4.94. The highest BCUT2D eigenvalue weighted by molar-refractivity contribution is 5.17. The first-order valence-electron chi connectivity index (χ1n) is 6.22. The molecule has 0 saturated carbocycles. The van der Waals surface area contributed by atoms with E-state index in [1.807, 2.05) is 30.3 Å². The van der Waals surface area contributed by atoms with Crippen LogP contribution in [-0.2, 0) is 0 Å². The Bertz CT molecular complexity index is 312. The molecule has 0 aromatic heterocycles. The quantitative estimate of drug-likeness (QED) is 0.818. The van der Waals surface area contributed by atoms with Crippen molar-refractivity contribution in [2.45, 2.75) is 38.3 Å². The van der Waals surface area contributed by atoms with Gasteiger partial charge in [0.1, 0.15) is 0 Å². The van der Waals surface area contributed by atoms with Crippen molar-refractivity contribution in [1.29, 1.82) is 0 Å². The van der Waals surface area contributed by atoms with Crippen molar-refractivity contribution in [3.63, 3.8) is 0 Å². The Morgan fingerprint density at radius 2 is 2.12 bits per heavy atom. The molecule has 0 bridgehead atoms. The van der Waals surface area contributed by atoms with Crippen LogP contribution in [0.5, 0.6) is 0 Å². The average Bonchev–Trinajstić information content (AvgIpc) is 2.30. The third kappa shape index (κ3) is 3.06. The van der Waals surface area contributed by atoms with Crippen molar-refractivity contribution in [3.05, 3.63) is 35.9 Å². The van der Waals surface area contributed by atoms with E-state index >= 15 is 0 Å². The lowest BCUT2D eigenvalue weighted by Gasteiger charge is -2.29. The van der Waals surface area contributed by atoms with Gasteiger partial charge >= 0.3 is 0 Å². The van der Waals surface area contributed by atoms with Crippen molar-refractivity contribution >= 4 is 0 Å². The topological polar surface area (TPSA) is 32.3 Å². The van der Waals surface area contributed by atoms with Crippen LogP contribution in [0.2, 0.25) is 0 Å². The summed E-state index contributed by atoms with van der Waals surface area (Å²) in [6.45, 7) is 3.39. The van der Waals surface area contributed by atoms with Crippen molar-refractivity contribution in [1.82, 2.24) is 5.32 Å². The molecule has 1 saturated heterocycles. The molecule has 1 aromatic rings. The summed E-state index contributed by atoms with van der Waals surface area (Å²) in [5.74, 6) is 0.786. The van der Waals surface area contributed by atoms with E-state index in [1.165, 1.54) is 12.8 Å². The molecule has 2 heteroatoms. The van der Waals surface area contributed by atoms with Gasteiger partial charge in [-0.3, -0.25) is 0 Å². The maximum absolute atomic E-state index is 10.1. The van der Waals surface area contributed by atoms with E-state index in [1.54, 1.807) is 0 Å². The Balaban J connectivity index is 1.89. The minimum absolute atomic E-state index is 0.330. The molecule has 1 aliphatic heterocycles. The first-order chi connectivity index (χ1) is 7.75. The zero-order chi connectivity index (χ0) is 11.4. The summed E-state index contributed by atoms with van der Waals surface area (Å²) in [7, 11) is 0. The largest absolute Gasteiger partial charge is 0.388 e. The van der Waals surface area contributed by atoms with Crippen LogP contribution in [0.4, 0.5) is 0 Å². The molecule has 3 unspecified atom stereocenters. The summed E-state index contributed by atoms with van der Waals surface area (Å²) in [5.41, 5.74) is 1.03. The monoisotopic (exact) mass is 219 g/mol. The van der Waals surface area contributed by atoms with Crippen molar-refractivity contribution in [2.75, 3.05) is 6.54 Å². The molecule has 0 spiro atoms. The van der Waals surface area contributed by atoms with Gasteiger partial charge in [-0.2, -0.15) is 0 Å². The fourth-order valence-electron chi connectivity index (χ4n) is 2.48. The second-order valence-electron chi connectivity index (χ2n) is 4.94. The van der Waals surface area contributed by atoms with Gasteiger partial charge in [-0.1, -0.05) is 37.3 Å². The molecule has 2 nitrogen and oxygen atoms in total. The molecular weight excluding hydrogens is 198 g/mol. The van der Waals surface area contributed by atoms with E-state index in [9.17, 15) is 5.11 Å². The number of nitrogens with one attached hydrogen (secondary N) is 1.